The molecule has 17 heteroatoms. The number of nitrogens with zero attached hydrogens (tertiary/aromatic N) is 7. The smallest absolute Gasteiger partial charge is 0.391 e. The number of fused-ring (bicyclic) bond motifs is 1. The van der Waals surface area contributed by atoms with Gasteiger partial charge in [0.25, 0.3) is 0 Å². The molecule has 0 aliphatic carbocycles. The quantitative estimate of drug-likeness (QED) is 0.0918. The number of hydrogen-bond acceptors (Lipinski definition) is 9. The Labute approximate surface area is 263 Å². The van der Waals surface area contributed by atoms with Crippen molar-refractivity contribution in [2.45, 2.75) is 6.54 Å². The van der Waals surface area contributed by atoms with Crippen molar-refractivity contribution in [3.63, 3.8) is 0 Å². The molecule has 14 nitrogen and oxygen atoms in total. The minimum Gasteiger partial charge on any atom is -1.00 e. The molecule has 0 bridgehead atoms. The van der Waals surface area contributed by atoms with Gasteiger partial charge in [0.15, 0.2) is 5.69 Å². The number of imidazole rings is 1. The van der Waals surface area contributed by atoms with Crippen molar-refractivity contribution >= 4 is 73.4 Å². The molecule has 3 aromatic heterocycles. The zero-order valence-electron chi connectivity index (χ0n) is 22.5. The van der Waals surface area contributed by atoms with E-state index in [-0.39, 0.29) is 39.5 Å². The molecule has 0 spiro atoms. The molecule has 0 radical (unpaired) electrons. The lowest BCUT2D eigenvalue weighted by atomic mass is 10.2. The molecule has 0 atom stereocenters. The van der Waals surface area contributed by atoms with E-state index >= 15 is 0 Å². The lowest BCUT2D eigenvalue weighted by molar-refractivity contribution is -0.898. The fourth-order valence-corrected chi connectivity index (χ4v) is 4.48. The molecule has 4 aromatic rings. The summed E-state index contributed by atoms with van der Waals surface area (Å²) in [5.41, 5.74) is 6.86. The number of nitrogens with one attached hydrogen (secondary N) is 2. The van der Waals surface area contributed by atoms with Crippen LogP contribution in [0.3, 0.4) is 0 Å². The van der Waals surface area contributed by atoms with Gasteiger partial charge >= 0.3 is 17.5 Å². The molecular weight excluding hydrogens is 700 g/mol. The highest BCUT2D eigenvalue weighted by Gasteiger charge is 2.32. The number of carbonyl (C=O) groups excluding carboxylic acids is 2. The number of halogens is 3. The molecule has 4 rings (SSSR count). The number of likely N-dealkylation sites (N-methyl/N-ethyl adjacent to an activating group) is 1. The van der Waals surface area contributed by atoms with Crippen LogP contribution in [-0.2, 0) is 18.4 Å². The topological polar surface area (TPSA) is 184 Å². The summed E-state index contributed by atoms with van der Waals surface area (Å²) in [7, 11) is 5.14. The Hall–Kier alpha value is -3.99. The number of primary amides is 1. The van der Waals surface area contributed by atoms with Gasteiger partial charge in [0, 0.05) is 28.7 Å². The lowest BCUT2D eigenvalue weighted by Crippen LogP contribution is -3.00. The van der Waals surface area contributed by atoms with Gasteiger partial charge in [-0.2, -0.15) is 0 Å². The fourth-order valence-electron chi connectivity index (χ4n) is 3.98. The average Bonchev–Trinajstić information content (AvgIpc) is 3.22. The summed E-state index contributed by atoms with van der Waals surface area (Å²) in [6.07, 6.45) is 5.93. The lowest BCUT2D eigenvalue weighted by Gasteiger charge is -2.28. The highest BCUT2D eigenvalue weighted by atomic mass is 79.9. The molecule has 42 heavy (non-hydrogen) atoms. The third-order valence-corrected chi connectivity index (χ3v) is 7.20. The van der Waals surface area contributed by atoms with Crippen LogP contribution in [0.5, 0.6) is 0 Å². The maximum absolute atomic E-state index is 12.6. The van der Waals surface area contributed by atoms with Crippen LogP contribution in [-0.4, -0.2) is 66.4 Å². The van der Waals surface area contributed by atoms with Crippen molar-refractivity contribution < 1.29 is 36.0 Å². The molecule has 0 aliphatic heterocycles. The number of rotatable bonds is 10. The van der Waals surface area contributed by atoms with Gasteiger partial charge in [-0.3, -0.25) is 14.2 Å². The summed E-state index contributed by atoms with van der Waals surface area (Å²) in [6, 6.07) is 7.02. The van der Waals surface area contributed by atoms with Gasteiger partial charge < -0.3 is 47.9 Å². The summed E-state index contributed by atoms with van der Waals surface area (Å²) in [4.78, 5) is 51.7. The van der Waals surface area contributed by atoms with Crippen LogP contribution in [0.4, 0.5) is 23.1 Å². The van der Waals surface area contributed by atoms with Crippen molar-refractivity contribution in [2.24, 2.45) is 12.8 Å². The number of nitrogens with two attached hydrogens (primary N) is 1. The summed E-state index contributed by atoms with van der Waals surface area (Å²) in [5, 5.41) is 18.6. The van der Waals surface area contributed by atoms with Gasteiger partial charge in [-0.05, 0) is 56.2 Å². The van der Waals surface area contributed by atoms with Crippen LogP contribution < -0.4 is 33.3 Å². The van der Waals surface area contributed by atoms with Crippen LogP contribution in [0.2, 0.25) is 5.02 Å². The highest BCUT2D eigenvalue weighted by Crippen LogP contribution is 2.29. The molecule has 0 aliphatic rings. The molecule has 220 valence electrons. The first kappa shape index (κ1) is 32.5. The van der Waals surface area contributed by atoms with Crippen LogP contribution in [0.1, 0.15) is 16.3 Å². The van der Waals surface area contributed by atoms with Crippen LogP contribution in [0.25, 0.3) is 10.9 Å². The van der Waals surface area contributed by atoms with E-state index in [9.17, 15) is 19.7 Å². The minimum absolute atomic E-state index is 0. The molecule has 1 aromatic carbocycles. The van der Waals surface area contributed by atoms with Gasteiger partial charge in [0.2, 0.25) is 5.91 Å². The predicted octanol–water partition coefficient (Wildman–Crippen LogP) is 0.700. The Balaban J connectivity index is 0.00000484. The highest BCUT2D eigenvalue weighted by molar-refractivity contribution is 9.10. The van der Waals surface area contributed by atoms with E-state index in [1.54, 1.807) is 24.3 Å². The first-order chi connectivity index (χ1) is 19.3. The Morgan fingerprint density at radius 1 is 1.24 bits per heavy atom. The number of amides is 2. The fraction of sp³-hybridized carbons (Fsp3) is 0.200. The summed E-state index contributed by atoms with van der Waals surface area (Å²) in [6.45, 7) is 0.497. The largest absolute Gasteiger partial charge is 1.00 e. The van der Waals surface area contributed by atoms with Gasteiger partial charge in [0.05, 0.1) is 37.4 Å². The van der Waals surface area contributed by atoms with Gasteiger partial charge in [-0.15, -0.1) is 0 Å². The summed E-state index contributed by atoms with van der Waals surface area (Å²) >= 11 is 9.48. The standard InChI is InChI=1S/C25H24BrClN10O4.BrH/c1-35-19(24(36(40)41)34-25(35)22(28)39)12-37(2,3)8-4-5-21(38)33-20-10-15-18(11-29-20)30-13-31-23(15)32-14-6-7-17(27)16(26)9-14;/h4-7,9-11,13H,8,12H2,1-3H3,(H3-,28,29,30,31,32,33,34,38,39);1H/b5-4+;. The van der Waals surface area contributed by atoms with Gasteiger partial charge in [-0.25, -0.2) is 15.0 Å². The number of anilines is 3. The van der Waals surface area contributed by atoms with E-state index < -0.39 is 22.6 Å². The minimum atomic E-state index is -0.862. The number of quaternary nitrogens is 1. The molecule has 0 fully saturated rings. The first-order valence-corrected chi connectivity index (χ1v) is 13.1. The molecular formula is C25H25Br2ClN10O4. The van der Waals surface area contributed by atoms with Crippen LogP contribution >= 0.6 is 27.5 Å². The second-order valence-electron chi connectivity index (χ2n) is 9.62. The third-order valence-electron chi connectivity index (χ3n) is 5.99. The number of nitro groups is 1. The first-order valence-electron chi connectivity index (χ1n) is 12.0. The Kier molecular flexibility index (Phi) is 10.3. The second kappa shape index (κ2) is 13.3. The number of benzene rings is 1. The SMILES string of the molecule is Cn1c(C(N)=O)nc([N+](=O)[O-])c1C[N+](C)(C)C/C=C/C(=O)Nc1cc2c(Nc3ccc(Cl)c(Br)c3)ncnc2cn1.[Br-]. The van der Waals surface area contributed by atoms with Crippen molar-refractivity contribution in [3.05, 3.63) is 80.1 Å². The average molecular weight is 725 g/mol. The molecule has 0 unspecified atom stereocenters. The van der Waals surface area contributed by atoms with E-state index in [0.29, 0.717) is 34.1 Å². The van der Waals surface area contributed by atoms with E-state index in [1.165, 1.54) is 30.2 Å². The normalized spacial score (nSPS) is 11.4. The van der Waals surface area contributed by atoms with E-state index in [1.807, 2.05) is 20.2 Å². The molecule has 4 N–H and O–H groups in total. The van der Waals surface area contributed by atoms with Gasteiger partial charge in [0.1, 0.15) is 24.5 Å². The monoisotopic (exact) mass is 722 g/mol. The maximum Gasteiger partial charge on any atom is 0.391 e. The Morgan fingerprint density at radius 3 is 2.64 bits per heavy atom. The van der Waals surface area contributed by atoms with Gasteiger partial charge in [-0.1, -0.05) is 11.6 Å². The second-order valence-corrected chi connectivity index (χ2v) is 10.9. The van der Waals surface area contributed by atoms with Crippen molar-refractivity contribution in [3.8, 4) is 0 Å². The third kappa shape index (κ3) is 7.64. The van der Waals surface area contributed by atoms with Crippen molar-refractivity contribution in [1.29, 1.82) is 0 Å². The maximum atomic E-state index is 12.6. The van der Waals surface area contributed by atoms with Crippen LogP contribution in [0.15, 0.2) is 53.4 Å². The number of aromatic nitrogens is 5. The number of carbonyl (C=O) groups is 2. The van der Waals surface area contributed by atoms with Crippen LogP contribution in [0, 0.1) is 10.1 Å². The van der Waals surface area contributed by atoms with Crippen molar-refractivity contribution in [1.82, 2.24) is 24.5 Å². The number of hydrogen-bond donors (Lipinski definition) is 3. The Morgan fingerprint density at radius 2 is 1.98 bits per heavy atom. The summed E-state index contributed by atoms with van der Waals surface area (Å²) < 4.78 is 2.27. The van der Waals surface area contributed by atoms with E-state index in [2.05, 4.69) is 46.5 Å². The molecule has 0 saturated heterocycles. The number of pyridine rings is 1. The molecule has 3 heterocycles. The molecule has 2 amide bonds. The van der Waals surface area contributed by atoms with E-state index in [0.717, 1.165) is 10.2 Å². The van der Waals surface area contributed by atoms with Crippen molar-refractivity contribution in [2.75, 3.05) is 31.3 Å². The zero-order chi connectivity index (χ0) is 29.9. The predicted molar refractivity (Wildman–Crippen MR) is 157 cm³/mol. The summed E-state index contributed by atoms with van der Waals surface area (Å²) in [5.74, 6) is -1.11. The zero-order valence-corrected chi connectivity index (χ0v) is 26.4. The molecule has 0 saturated carbocycles. The Bertz CT molecular complexity index is 1710. The van der Waals surface area contributed by atoms with E-state index in [4.69, 9.17) is 17.3 Å².